The second-order valence-corrected chi connectivity index (χ2v) is 4.26. The van der Waals surface area contributed by atoms with Crippen LogP contribution < -0.4 is 5.32 Å². The molecule has 0 spiro atoms. The van der Waals surface area contributed by atoms with E-state index in [-0.39, 0.29) is 18.6 Å². The molecule has 1 N–H and O–H groups in total. The lowest BCUT2D eigenvalue weighted by molar-refractivity contribution is -0.127. The van der Waals surface area contributed by atoms with Gasteiger partial charge in [0.2, 0.25) is 5.91 Å². The summed E-state index contributed by atoms with van der Waals surface area (Å²) >= 11 is 0. The predicted molar refractivity (Wildman–Crippen MR) is 59.8 cm³/mol. The van der Waals surface area contributed by atoms with Crippen LogP contribution in [-0.2, 0) is 9.53 Å². The first-order valence-corrected chi connectivity index (χ1v) is 5.79. The number of hydrogen-bond acceptors (Lipinski definition) is 3. The van der Waals surface area contributed by atoms with Gasteiger partial charge in [-0.25, -0.2) is 0 Å². The van der Waals surface area contributed by atoms with Gasteiger partial charge in [-0.15, -0.1) is 0 Å². The second-order valence-electron chi connectivity index (χ2n) is 4.26. The van der Waals surface area contributed by atoms with Crippen molar-refractivity contribution in [3.63, 3.8) is 0 Å². The van der Waals surface area contributed by atoms with Gasteiger partial charge in [-0.2, -0.15) is 0 Å². The fraction of sp³-hybridized carbons (Fsp3) is 0.909. The molecule has 1 rings (SSSR count). The third-order valence-electron chi connectivity index (χ3n) is 2.50. The molecule has 1 saturated heterocycles. The minimum Gasteiger partial charge on any atom is -0.369 e. The fourth-order valence-electron chi connectivity index (χ4n) is 1.65. The van der Waals surface area contributed by atoms with Gasteiger partial charge in [0.1, 0.15) is 6.61 Å². The molecule has 0 atom stereocenters. The predicted octanol–water partition coefficient (Wildman–Crippen LogP) is 0.623. The van der Waals surface area contributed by atoms with Crippen molar-refractivity contribution >= 4 is 5.91 Å². The Bertz CT molecular complexity index is 189. The van der Waals surface area contributed by atoms with Crippen LogP contribution in [0.5, 0.6) is 0 Å². The van der Waals surface area contributed by atoms with E-state index in [2.05, 4.69) is 10.2 Å². The first-order chi connectivity index (χ1) is 7.18. The van der Waals surface area contributed by atoms with Gasteiger partial charge in [-0.05, 0) is 39.8 Å². The molecular formula is C11H22N2O2. The van der Waals surface area contributed by atoms with E-state index in [1.165, 1.54) is 25.9 Å². The molecule has 0 bridgehead atoms. The molecule has 88 valence electrons. The van der Waals surface area contributed by atoms with Gasteiger partial charge in [0.25, 0.3) is 0 Å². The van der Waals surface area contributed by atoms with Gasteiger partial charge >= 0.3 is 0 Å². The molecule has 15 heavy (non-hydrogen) atoms. The van der Waals surface area contributed by atoms with Gasteiger partial charge in [-0.3, -0.25) is 4.79 Å². The van der Waals surface area contributed by atoms with E-state index in [4.69, 9.17) is 4.74 Å². The highest BCUT2D eigenvalue weighted by molar-refractivity contribution is 5.77. The van der Waals surface area contributed by atoms with Crippen LogP contribution in [0.4, 0.5) is 0 Å². The SMILES string of the molecule is CC(C)OCC(=O)NCCN1CCCC1. The van der Waals surface area contributed by atoms with Crippen LogP contribution in [0.15, 0.2) is 0 Å². The highest BCUT2D eigenvalue weighted by Gasteiger charge is 2.11. The van der Waals surface area contributed by atoms with Crippen LogP contribution in [-0.4, -0.2) is 49.7 Å². The lowest BCUT2D eigenvalue weighted by atomic mass is 10.4. The standard InChI is InChI=1S/C11H22N2O2/c1-10(2)15-9-11(14)12-5-8-13-6-3-4-7-13/h10H,3-9H2,1-2H3,(H,12,14). The number of nitrogens with zero attached hydrogens (tertiary/aromatic N) is 1. The summed E-state index contributed by atoms with van der Waals surface area (Å²) in [6.45, 7) is 8.09. The van der Waals surface area contributed by atoms with E-state index in [1.54, 1.807) is 0 Å². The maximum Gasteiger partial charge on any atom is 0.246 e. The molecule has 1 fully saturated rings. The highest BCUT2D eigenvalue weighted by atomic mass is 16.5. The Balaban J connectivity index is 1.96. The Morgan fingerprint density at radius 2 is 2.07 bits per heavy atom. The molecule has 4 nitrogen and oxygen atoms in total. The van der Waals surface area contributed by atoms with Gasteiger partial charge in [0.15, 0.2) is 0 Å². The van der Waals surface area contributed by atoms with Gasteiger partial charge < -0.3 is 15.0 Å². The molecule has 1 aliphatic heterocycles. The van der Waals surface area contributed by atoms with Gasteiger partial charge in [0, 0.05) is 13.1 Å². The molecule has 0 radical (unpaired) electrons. The van der Waals surface area contributed by atoms with E-state index in [9.17, 15) is 4.79 Å². The zero-order chi connectivity index (χ0) is 11.1. The lowest BCUT2D eigenvalue weighted by Crippen LogP contribution is -2.35. The summed E-state index contributed by atoms with van der Waals surface area (Å²) < 4.78 is 5.20. The average Bonchev–Trinajstić information content (AvgIpc) is 2.67. The molecule has 1 aliphatic rings. The van der Waals surface area contributed by atoms with Crippen molar-refractivity contribution < 1.29 is 9.53 Å². The van der Waals surface area contributed by atoms with Gasteiger partial charge in [-0.1, -0.05) is 0 Å². The number of carbonyl (C=O) groups excluding carboxylic acids is 1. The number of carbonyl (C=O) groups is 1. The minimum atomic E-state index is -0.0112. The van der Waals surface area contributed by atoms with Crippen molar-refractivity contribution in [1.82, 2.24) is 10.2 Å². The number of likely N-dealkylation sites (tertiary alicyclic amines) is 1. The third kappa shape index (κ3) is 5.74. The normalized spacial score (nSPS) is 17.3. The van der Waals surface area contributed by atoms with E-state index in [1.807, 2.05) is 13.8 Å². The second kappa shape index (κ2) is 6.80. The van der Waals surface area contributed by atoms with E-state index in [0.29, 0.717) is 0 Å². The molecule has 1 amide bonds. The molecular weight excluding hydrogens is 192 g/mol. The smallest absolute Gasteiger partial charge is 0.246 e. The first-order valence-electron chi connectivity index (χ1n) is 5.79. The first kappa shape index (κ1) is 12.5. The Kier molecular flexibility index (Phi) is 5.65. The molecule has 0 aliphatic carbocycles. The quantitative estimate of drug-likeness (QED) is 0.705. The third-order valence-corrected chi connectivity index (χ3v) is 2.50. The Hall–Kier alpha value is -0.610. The Labute approximate surface area is 92.0 Å². The van der Waals surface area contributed by atoms with Crippen LogP contribution in [0, 0.1) is 0 Å². The maximum absolute atomic E-state index is 11.3. The number of hydrogen-bond donors (Lipinski definition) is 1. The molecule has 0 aromatic rings. The largest absolute Gasteiger partial charge is 0.369 e. The summed E-state index contributed by atoms with van der Waals surface area (Å²) in [5, 5.41) is 2.86. The summed E-state index contributed by atoms with van der Waals surface area (Å²) in [6.07, 6.45) is 2.71. The number of ether oxygens (including phenoxy) is 1. The zero-order valence-corrected chi connectivity index (χ0v) is 9.79. The van der Waals surface area contributed by atoms with Gasteiger partial charge in [0.05, 0.1) is 6.10 Å². The Morgan fingerprint density at radius 1 is 1.40 bits per heavy atom. The summed E-state index contributed by atoms with van der Waals surface area (Å²) in [7, 11) is 0. The zero-order valence-electron chi connectivity index (χ0n) is 9.79. The van der Waals surface area contributed by atoms with Crippen LogP contribution in [0.25, 0.3) is 0 Å². The van der Waals surface area contributed by atoms with Crippen molar-refractivity contribution in [1.29, 1.82) is 0 Å². The molecule has 0 aromatic heterocycles. The fourth-order valence-corrected chi connectivity index (χ4v) is 1.65. The number of rotatable bonds is 6. The van der Waals surface area contributed by atoms with E-state index in [0.717, 1.165) is 13.1 Å². The summed E-state index contributed by atoms with van der Waals surface area (Å²) in [4.78, 5) is 13.6. The highest BCUT2D eigenvalue weighted by Crippen LogP contribution is 2.05. The molecule has 0 aromatic carbocycles. The number of nitrogens with one attached hydrogen (secondary N) is 1. The van der Waals surface area contributed by atoms with Crippen molar-refractivity contribution in [2.24, 2.45) is 0 Å². The summed E-state index contributed by atoms with van der Waals surface area (Å²) in [5.41, 5.74) is 0. The summed E-state index contributed by atoms with van der Waals surface area (Å²) in [5.74, 6) is -0.0112. The van der Waals surface area contributed by atoms with Crippen molar-refractivity contribution in [2.45, 2.75) is 32.8 Å². The molecule has 4 heteroatoms. The topological polar surface area (TPSA) is 41.6 Å². The van der Waals surface area contributed by atoms with Crippen LogP contribution in [0.3, 0.4) is 0 Å². The maximum atomic E-state index is 11.3. The monoisotopic (exact) mass is 214 g/mol. The molecule has 0 saturated carbocycles. The lowest BCUT2D eigenvalue weighted by Gasteiger charge is -2.15. The molecule has 0 unspecified atom stereocenters. The average molecular weight is 214 g/mol. The van der Waals surface area contributed by atoms with Crippen molar-refractivity contribution in [2.75, 3.05) is 32.8 Å². The van der Waals surface area contributed by atoms with Crippen LogP contribution in [0.1, 0.15) is 26.7 Å². The Morgan fingerprint density at radius 3 is 2.67 bits per heavy atom. The minimum absolute atomic E-state index is 0.0112. The van der Waals surface area contributed by atoms with E-state index >= 15 is 0 Å². The number of amides is 1. The van der Waals surface area contributed by atoms with Crippen molar-refractivity contribution in [3.8, 4) is 0 Å². The van der Waals surface area contributed by atoms with Crippen molar-refractivity contribution in [3.05, 3.63) is 0 Å². The van der Waals surface area contributed by atoms with Crippen LogP contribution in [0.2, 0.25) is 0 Å². The van der Waals surface area contributed by atoms with E-state index < -0.39 is 0 Å². The molecule has 1 heterocycles. The van der Waals surface area contributed by atoms with Crippen LogP contribution >= 0.6 is 0 Å². The summed E-state index contributed by atoms with van der Waals surface area (Å²) in [6, 6.07) is 0.